The third-order valence-electron chi connectivity index (χ3n) is 4.56. The monoisotopic (exact) mass is 346 g/mol. The van der Waals surface area contributed by atoms with E-state index < -0.39 is 0 Å². The summed E-state index contributed by atoms with van der Waals surface area (Å²) >= 11 is 5.94. The summed E-state index contributed by atoms with van der Waals surface area (Å²) in [7, 11) is 0. The Hall–Kier alpha value is -2.31. The highest BCUT2D eigenvalue weighted by Crippen LogP contribution is 2.24. The van der Waals surface area contributed by atoms with Crippen LogP contribution in [-0.2, 0) is 6.42 Å². The number of rotatable bonds is 6. The molecule has 2 aromatic rings. The fourth-order valence-corrected chi connectivity index (χ4v) is 3.22. The molecule has 0 aliphatic heterocycles. The Morgan fingerprint density at radius 2 is 1.88 bits per heavy atom. The molecule has 0 spiro atoms. The molecule has 0 bridgehead atoms. The van der Waals surface area contributed by atoms with Crippen molar-refractivity contribution in [3.8, 4) is 0 Å². The normalized spacial score (nSPS) is 16.4. The zero-order chi connectivity index (χ0) is 17.5. The van der Waals surface area contributed by atoms with Crippen molar-refractivity contribution in [2.45, 2.75) is 19.3 Å². The molecule has 1 aliphatic carbocycles. The molecule has 1 unspecified atom stereocenters. The highest BCUT2D eigenvalue weighted by molar-refractivity contribution is 6.30. The van der Waals surface area contributed by atoms with Gasteiger partial charge in [0.1, 0.15) is 0 Å². The summed E-state index contributed by atoms with van der Waals surface area (Å²) in [5.41, 5.74) is 4.78. The average Bonchev–Trinajstić information content (AvgIpc) is 2.67. The van der Waals surface area contributed by atoms with E-state index in [1.807, 2.05) is 24.3 Å². The number of benzene rings is 2. The molecule has 0 aromatic heterocycles. The van der Waals surface area contributed by atoms with Crippen LogP contribution in [-0.4, -0.2) is 0 Å². The minimum atomic E-state index is 0.649. The van der Waals surface area contributed by atoms with Crippen LogP contribution in [0.1, 0.15) is 29.5 Å². The fraction of sp³-hybridized carbons (Fsp3) is 0.167. The highest BCUT2D eigenvalue weighted by atomic mass is 35.5. The summed E-state index contributed by atoms with van der Waals surface area (Å²) < 4.78 is 0. The zero-order valence-electron chi connectivity index (χ0n) is 14.4. The number of hydrogen-bond donors (Lipinski definition) is 0. The molecule has 0 saturated heterocycles. The van der Waals surface area contributed by atoms with Crippen molar-refractivity contribution in [3.63, 3.8) is 0 Å². The topological polar surface area (TPSA) is 0 Å². The molecule has 3 rings (SSSR count). The smallest absolute Gasteiger partial charge is 0.0406 e. The fourth-order valence-electron chi connectivity index (χ4n) is 3.10. The molecule has 0 nitrogen and oxygen atoms in total. The SMILES string of the molecule is C=C(/C=C/c1ccc(Cl)cc1)c1ccccc1CCC1C=CC=CC1. The molecule has 0 radical (unpaired) electrons. The van der Waals surface area contributed by atoms with Crippen LogP contribution in [0.2, 0.25) is 5.02 Å². The molecule has 25 heavy (non-hydrogen) atoms. The van der Waals surface area contributed by atoms with Gasteiger partial charge in [-0.25, -0.2) is 0 Å². The quantitative estimate of drug-likeness (QED) is 0.488. The summed E-state index contributed by atoms with van der Waals surface area (Å²) in [6.07, 6.45) is 16.4. The van der Waals surface area contributed by atoms with E-state index >= 15 is 0 Å². The van der Waals surface area contributed by atoms with Crippen LogP contribution < -0.4 is 0 Å². The van der Waals surface area contributed by atoms with Gasteiger partial charge < -0.3 is 0 Å². The van der Waals surface area contributed by atoms with Gasteiger partial charge in [0.25, 0.3) is 0 Å². The van der Waals surface area contributed by atoms with Crippen LogP contribution in [0.3, 0.4) is 0 Å². The van der Waals surface area contributed by atoms with Crippen molar-refractivity contribution in [1.82, 2.24) is 0 Å². The molecular weight excluding hydrogens is 324 g/mol. The maximum Gasteiger partial charge on any atom is 0.0406 e. The van der Waals surface area contributed by atoms with E-state index in [0.29, 0.717) is 5.92 Å². The molecular formula is C24H23Cl. The molecule has 1 atom stereocenters. The second-order valence-corrected chi connectivity index (χ2v) is 6.85. The van der Waals surface area contributed by atoms with E-state index in [4.69, 9.17) is 11.6 Å². The lowest BCUT2D eigenvalue weighted by Gasteiger charge is -2.15. The summed E-state index contributed by atoms with van der Waals surface area (Å²) in [5, 5.41) is 0.757. The number of halogens is 1. The largest absolute Gasteiger partial charge is 0.0911 e. The first kappa shape index (κ1) is 17.5. The van der Waals surface area contributed by atoms with Crippen LogP contribution in [0, 0.1) is 5.92 Å². The summed E-state index contributed by atoms with van der Waals surface area (Å²) in [5.74, 6) is 0.649. The lowest BCUT2D eigenvalue weighted by atomic mass is 9.90. The molecule has 0 fully saturated rings. The summed E-state index contributed by atoms with van der Waals surface area (Å²) in [6.45, 7) is 4.27. The molecule has 0 heterocycles. The lowest BCUT2D eigenvalue weighted by molar-refractivity contribution is 0.594. The van der Waals surface area contributed by atoms with Crippen molar-refractivity contribution in [2.75, 3.05) is 0 Å². The van der Waals surface area contributed by atoms with Gasteiger partial charge in [0.05, 0.1) is 0 Å². The summed E-state index contributed by atoms with van der Waals surface area (Å²) in [6, 6.07) is 16.4. The van der Waals surface area contributed by atoms with Crippen molar-refractivity contribution in [1.29, 1.82) is 0 Å². The van der Waals surface area contributed by atoms with Gasteiger partial charge in [-0.1, -0.05) is 91.0 Å². The van der Waals surface area contributed by atoms with Crippen LogP contribution >= 0.6 is 11.6 Å². The van der Waals surface area contributed by atoms with Gasteiger partial charge in [0, 0.05) is 5.02 Å². The van der Waals surface area contributed by atoms with Crippen molar-refractivity contribution in [3.05, 3.63) is 107 Å². The Balaban J connectivity index is 1.68. The Kier molecular flexibility index (Phi) is 6.09. The predicted molar refractivity (Wildman–Crippen MR) is 111 cm³/mol. The van der Waals surface area contributed by atoms with Crippen LogP contribution in [0.4, 0.5) is 0 Å². The zero-order valence-corrected chi connectivity index (χ0v) is 15.1. The van der Waals surface area contributed by atoms with Crippen LogP contribution in [0.25, 0.3) is 11.6 Å². The first-order valence-electron chi connectivity index (χ1n) is 8.76. The Morgan fingerprint density at radius 3 is 2.64 bits per heavy atom. The summed E-state index contributed by atoms with van der Waals surface area (Å²) in [4.78, 5) is 0. The molecule has 1 heteroatoms. The predicted octanol–water partition coefficient (Wildman–Crippen LogP) is 7.13. The maximum absolute atomic E-state index is 5.94. The molecule has 0 amide bonds. The second kappa shape index (κ2) is 8.69. The minimum Gasteiger partial charge on any atom is -0.0911 e. The average molecular weight is 347 g/mol. The van der Waals surface area contributed by atoms with E-state index in [0.717, 1.165) is 29.0 Å². The van der Waals surface area contributed by atoms with Gasteiger partial charge in [-0.2, -0.15) is 0 Å². The van der Waals surface area contributed by atoms with Crippen molar-refractivity contribution in [2.24, 2.45) is 5.92 Å². The van der Waals surface area contributed by atoms with E-state index in [-0.39, 0.29) is 0 Å². The van der Waals surface area contributed by atoms with E-state index in [2.05, 4.69) is 67.3 Å². The Labute approximate surface area is 155 Å². The Bertz CT molecular complexity index is 806. The Morgan fingerprint density at radius 1 is 1.08 bits per heavy atom. The molecule has 2 aromatic carbocycles. The van der Waals surface area contributed by atoms with Gasteiger partial charge in [-0.3, -0.25) is 0 Å². The maximum atomic E-state index is 5.94. The van der Waals surface area contributed by atoms with Gasteiger partial charge in [-0.15, -0.1) is 0 Å². The molecule has 0 saturated carbocycles. The van der Waals surface area contributed by atoms with Gasteiger partial charge >= 0.3 is 0 Å². The highest BCUT2D eigenvalue weighted by Gasteiger charge is 2.08. The first-order chi connectivity index (χ1) is 12.2. The third kappa shape index (κ3) is 5.08. The van der Waals surface area contributed by atoms with E-state index in [1.165, 1.54) is 17.5 Å². The van der Waals surface area contributed by atoms with Crippen molar-refractivity contribution < 1.29 is 0 Å². The third-order valence-corrected chi connectivity index (χ3v) is 4.82. The van der Waals surface area contributed by atoms with E-state index in [1.54, 1.807) is 0 Å². The number of aryl methyl sites for hydroxylation is 1. The van der Waals surface area contributed by atoms with E-state index in [9.17, 15) is 0 Å². The second-order valence-electron chi connectivity index (χ2n) is 6.41. The standard InChI is InChI=1S/C24H23Cl/c1-19(11-12-21-14-17-23(25)18-15-21)24-10-6-5-9-22(24)16-13-20-7-3-2-4-8-20/h2-7,9-12,14-15,17-18,20H,1,8,13,16H2/b12-11+. The molecule has 1 aliphatic rings. The molecule has 126 valence electrons. The van der Waals surface area contributed by atoms with Crippen LogP contribution in [0.5, 0.6) is 0 Å². The lowest BCUT2D eigenvalue weighted by Crippen LogP contribution is -2.01. The number of hydrogen-bond acceptors (Lipinski definition) is 0. The van der Waals surface area contributed by atoms with Gasteiger partial charge in [0.15, 0.2) is 0 Å². The van der Waals surface area contributed by atoms with Gasteiger partial charge in [0.2, 0.25) is 0 Å². The molecule has 0 N–H and O–H groups in total. The van der Waals surface area contributed by atoms with Crippen LogP contribution in [0.15, 0.2) is 85.5 Å². The first-order valence-corrected chi connectivity index (χ1v) is 9.14. The number of allylic oxidation sites excluding steroid dienone is 6. The minimum absolute atomic E-state index is 0.649. The van der Waals surface area contributed by atoms with Crippen molar-refractivity contribution >= 4 is 23.3 Å². The van der Waals surface area contributed by atoms with Gasteiger partial charge in [-0.05, 0) is 59.6 Å².